The molecule has 0 radical (unpaired) electrons. The van der Waals surface area contributed by atoms with E-state index in [1.807, 2.05) is 19.1 Å². The number of aromatic nitrogens is 1. The predicted octanol–water partition coefficient (Wildman–Crippen LogP) is 10.4. The van der Waals surface area contributed by atoms with Crippen LogP contribution in [0.25, 0.3) is 0 Å². The maximum Gasteiger partial charge on any atom is 0.269 e. The van der Waals surface area contributed by atoms with Crippen molar-refractivity contribution in [1.29, 1.82) is 0 Å². The average molecular weight is 1160 g/mol. The van der Waals surface area contributed by atoms with Crippen LogP contribution < -0.4 is 31.9 Å². The van der Waals surface area contributed by atoms with E-state index < -0.39 is 9.85 Å². The van der Waals surface area contributed by atoms with Crippen molar-refractivity contribution < 1.29 is 19.4 Å². The highest BCUT2D eigenvalue weighted by Crippen LogP contribution is 2.32. The highest BCUT2D eigenvalue weighted by molar-refractivity contribution is 9.09. The lowest BCUT2D eigenvalue weighted by Crippen LogP contribution is -2.43. The molecule has 4 aromatic carbocycles. The summed E-state index contributed by atoms with van der Waals surface area (Å²) in [5.74, 6) is 0.630. The third-order valence-electron chi connectivity index (χ3n) is 13.4. The number of aliphatic imine (C=N–C) groups is 1. The summed E-state index contributed by atoms with van der Waals surface area (Å²) in [6.07, 6.45) is 10.4. The third-order valence-corrected chi connectivity index (χ3v) is 15.8. The largest absolute Gasteiger partial charge is 0.382 e. The van der Waals surface area contributed by atoms with Gasteiger partial charge in [0.25, 0.3) is 11.4 Å². The number of thiazole rings is 1. The lowest BCUT2D eigenvalue weighted by atomic mass is 10.0. The molecule has 0 saturated carbocycles. The van der Waals surface area contributed by atoms with E-state index in [9.17, 15) is 29.8 Å². The Kier molecular flexibility index (Phi) is 22.7. The summed E-state index contributed by atoms with van der Waals surface area (Å²) in [6.45, 7) is 11.6. The zero-order valence-corrected chi connectivity index (χ0v) is 47.6. The molecule has 4 aliphatic rings. The fourth-order valence-corrected chi connectivity index (χ4v) is 11.4. The Morgan fingerprint density at radius 2 is 1.17 bits per heavy atom. The van der Waals surface area contributed by atoms with Crippen molar-refractivity contribution in [1.82, 2.24) is 14.8 Å². The van der Waals surface area contributed by atoms with Gasteiger partial charge in [0.1, 0.15) is 10.7 Å². The van der Waals surface area contributed by atoms with Gasteiger partial charge in [-0.15, -0.1) is 0 Å². The quantitative estimate of drug-likeness (QED) is 0.0118. The van der Waals surface area contributed by atoms with Crippen LogP contribution in [-0.4, -0.2) is 122 Å². The molecule has 23 heteroatoms. The highest BCUT2D eigenvalue weighted by atomic mass is 79.9. The second-order valence-electron chi connectivity index (χ2n) is 18.2. The molecule has 0 amide bonds. The lowest BCUT2D eigenvalue weighted by molar-refractivity contribution is -0.385. The summed E-state index contributed by atoms with van der Waals surface area (Å²) in [6, 6.07) is 29.2. The number of nitrogens with two attached hydrogens (primary N) is 2. The zero-order valence-electron chi connectivity index (χ0n) is 42.1. The number of alkyl halides is 1. The van der Waals surface area contributed by atoms with Gasteiger partial charge in [-0.25, -0.2) is 4.98 Å². The van der Waals surface area contributed by atoms with Crippen LogP contribution in [0.2, 0.25) is 0 Å². The number of likely N-dealkylation sites (tertiary alicyclic amines) is 2. The summed E-state index contributed by atoms with van der Waals surface area (Å²) in [4.78, 5) is 63.1. The van der Waals surface area contributed by atoms with Gasteiger partial charge in [-0.1, -0.05) is 46.0 Å². The van der Waals surface area contributed by atoms with E-state index >= 15 is 0 Å². The minimum absolute atomic E-state index is 0. The number of Topliss-reactive ketones (excluding diaryl/α,β-unsaturated/α-hetero) is 1. The lowest BCUT2D eigenvalue weighted by Gasteiger charge is -2.37. The Labute approximate surface area is 463 Å². The maximum atomic E-state index is 12.8. The number of nitro benzene ring substituents is 2. The molecule has 0 bridgehead atoms. The van der Waals surface area contributed by atoms with Crippen LogP contribution in [0.4, 0.5) is 45.1 Å². The molecule has 1 unspecified atom stereocenters. The predicted molar refractivity (Wildman–Crippen MR) is 320 cm³/mol. The average Bonchev–Trinajstić information content (AvgIpc) is 4.24. The van der Waals surface area contributed by atoms with E-state index in [1.165, 1.54) is 161 Å². The van der Waals surface area contributed by atoms with Gasteiger partial charge >= 0.3 is 0 Å². The van der Waals surface area contributed by atoms with E-state index in [0.29, 0.717) is 31.4 Å². The van der Waals surface area contributed by atoms with Gasteiger partial charge in [-0.3, -0.25) is 29.8 Å². The van der Waals surface area contributed by atoms with Crippen molar-refractivity contribution >= 4 is 128 Å². The Bertz CT molecular complexity index is 2710. The number of piperidine rings is 2. The molecule has 0 spiro atoms. The molecule has 1 aromatic heterocycles. The van der Waals surface area contributed by atoms with Gasteiger partial charge in [-0.05, 0) is 168 Å². The Balaban J connectivity index is 0.000000201. The van der Waals surface area contributed by atoms with Gasteiger partial charge in [0.15, 0.2) is 21.2 Å². The molecule has 9 rings (SSSR count). The van der Waals surface area contributed by atoms with E-state index in [-0.39, 0.29) is 44.0 Å². The number of amidine groups is 1. The first-order valence-corrected chi connectivity index (χ1v) is 28.2. The minimum atomic E-state index is -0.501. The topological polar surface area (TPSA) is 235 Å². The number of nitrogens with zero attached hydrogens (tertiary/aromatic N) is 8. The van der Waals surface area contributed by atoms with E-state index in [0.717, 1.165) is 55.4 Å². The first-order valence-electron chi connectivity index (χ1n) is 24.9. The van der Waals surface area contributed by atoms with Crippen molar-refractivity contribution in [2.75, 3.05) is 89.6 Å². The molecule has 4 aliphatic heterocycles. The molecular formula is C52H66BrN12O6PS3. The normalized spacial score (nSPS) is 16.4. The molecule has 5 aromatic rings. The smallest absolute Gasteiger partial charge is 0.269 e. The number of halogens is 1. The first-order chi connectivity index (χ1) is 35.8. The van der Waals surface area contributed by atoms with Crippen molar-refractivity contribution in [3.63, 3.8) is 0 Å². The number of thioether (sulfide) groups is 1. The number of rotatable bonds is 14. The molecule has 0 aliphatic carbocycles. The number of hydrogen-bond donors (Lipinski definition) is 4. The second-order valence-corrected chi connectivity index (χ2v) is 21.4. The van der Waals surface area contributed by atoms with Crippen molar-refractivity contribution in [2.45, 2.75) is 70.4 Å². The molecule has 4 saturated heterocycles. The van der Waals surface area contributed by atoms with Gasteiger partial charge in [0.2, 0.25) is 5.78 Å². The number of thiocarbonyl (C=S) groups is 1. The van der Waals surface area contributed by atoms with Crippen LogP contribution in [0, 0.1) is 20.2 Å². The zero-order chi connectivity index (χ0) is 52.6. The van der Waals surface area contributed by atoms with Crippen LogP contribution in [0.1, 0.15) is 83.9 Å². The Morgan fingerprint density at radius 1 is 0.733 bits per heavy atom. The van der Waals surface area contributed by atoms with Crippen molar-refractivity contribution in [3.05, 3.63) is 133 Å². The maximum absolute atomic E-state index is 12.8. The van der Waals surface area contributed by atoms with Crippen LogP contribution >= 0.6 is 61.1 Å². The molecule has 75 heavy (non-hydrogen) atoms. The number of carbonyl (C=O) groups excluding carboxylic acids is 2. The van der Waals surface area contributed by atoms with Crippen LogP contribution in [-0.2, 0) is 0 Å². The van der Waals surface area contributed by atoms with Gasteiger partial charge < -0.3 is 41.7 Å². The molecular weight excluding hydrogens is 1100 g/mol. The SMILES string of the molecule is CCSC(N)=NC(=S)Nc1ccc(N2CCC(N3CCCC3)CC2)cc1.Nc1nc(Nc2ccc(N3CCC(N4CCCC4)CC3)cc2)sc1C(=O)c1ccc([N+](=O)[O-])cc1.O=C(CBr)c1ccc([N+](=O)[O-])cc1.P. The van der Waals surface area contributed by atoms with Crippen LogP contribution in [0.5, 0.6) is 0 Å². The summed E-state index contributed by atoms with van der Waals surface area (Å²) in [5, 5.41) is 29.1. The number of benzene rings is 4. The molecule has 4 fully saturated rings. The number of non-ortho nitro benzene ring substituents is 2. The molecule has 5 heterocycles. The summed E-state index contributed by atoms with van der Waals surface area (Å²) in [7, 11) is 0. The number of nitro groups is 2. The number of nitrogens with one attached hydrogen (secondary N) is 2. The fourth-order valence-electron chi connectivity index (χ4n) is 9.52. The molecule has 6 N–H and O–H groups in total. The number of ketones is 2. The summed E-state index contributed by atoms with van der Waals surface area (Å²) in [5.41, 5.74) is 16.8. The van der Waals surface area contributed by atoms with E-state index in [2.05, 4.69) is 92.5 Å². The van der Waals surface area contributed by atoms with Crippen molar-refractivity contribution in [3.8, 4) is 0 Å². The monoisotopic (exact) mass is 1160 g/mol. The Hall–Kier alpha value is -5.61. The highest BCUT2D eigenvalue weighted by Gasteiger charge is 2.28. The second kappa shape index (κ2) is 29.1. The van der Waals surface area contributed by atoms with E-state index in [4.69, 9.17) is 23.7 Å². The minimum Gasteiger partial charge on any atom is -0.382 e. The molecule has 18 nitrogen and oxygen atoms in total. The number of anilines is 6. The van der Waals surface area contributed by atoms with Crippen molar-refractivity contribution in [2.24, 2.45) is 10.7 Å². The Morgan fingerprint density at radius 3 is 1.60 bits per heavy atom. The van der Waals surface area contributed by atoms with Gasteiger partial charge in [0.05, 0.1) is 15.2 Å². The van der Waals surface area contributed by atoms with Crippen LogP contribution in [0.3, 0.4) is 0 Å². The number of nitrogen functional groups attached to an aromatic ring is 1. The summed E-state index contributed by atoms with van der Waals surface area (Å²) < 4.78 is 0. The third kappa shape index (κ3) is 16.9. The summed E-state index contributed by atoms with van der Waals surface area (Å²) >= 11 is 10.9. The van der Waals surface area contributed by atoms with Gasteiger partial charge in [-0.2, -0.15) is 14.9 Å². The van der Waals surface area contributed by atoms with Crippen LogP contribution in [0.15, 0.2) is 102 Å². The fraction of sp³-hybridized carbons (Fsp3) is 0.404. The first kappa shape index (κ1) is 58.6. The van der Waals surface area contributed by atoms with E-state index in [1.54, 1.807) is 0 Å². The number of hydrogen-bond acceptors (Lipinski definition) is 16. The molecule has 1 atom stereocenters. The standard InChI is InChI=1S/C25H28N6O3S.C19H29N5S2.C8H6BrNO3.H3P/c26-24-23(22(32)17-3-7-21(8-4-17)31(33)34)35-25(28-24)27-18-5-9-19(10-6-18)30-15-11-20(12-16-30)29-13-1-2-14-29;1-2-26-18(20)22-19(25)21-15-5-7-16(8-6-15)24-13-9-17(10-14-24)23-11-3-4-12-23;9-5-8(11)6-1-3-7(4-2-6)10(12)13;/h3-10,20H,1-2,11-16,26H2,(H,27,28);5-8,17H,2-4,9-14H2,1H3,(H3,20,21,22,25);1-4H,5H2;1H3. The number of carbonyl (C=O) groups is 2. The molecule has 400 valence electrons. The van der Waals surface area contributed by atoms with Gasteiger partial charge in [0, 0.05) is 96.4 Å².